The molecule has 9 atom stereocenters. The van der Waals surface area contributed by atoms with Gasteiger partial charge in [-0.1, -0.05) is 36.5 Å². The quantitative estimate of drug-likeness (QED) is 0.424. The van der Waals surface area contributed by atoms with Crippen LogP contribution in [0.4, 0.5) is 0 Å². The maximum Gasteiger partial charge on any atom is 0.157 e. The summed E-state index contributed by atoms with van der Waals surface area (Å²) in [4.78, 5) is 0. The molecule has 2 nitrogen and oxygen atoms in total. The maximum absolute atomic E-state index is 6.49. The molecule has 0 spiro atoms. The third-order valence-electron chi connectivity index (χ3n) is 8.74. The second-order valence-corrected chi connectivity index (χ2v) is 10.5. The molecule has 0 amide bonds. The van der Waals surface area contributed by atoms with E-state index in [2.05, 4.69) is 36.5 Å². The van der Waals surface area contributed by atoms with Crippen molar-refractivity contribution in [3.05, 3.63) is 36.5 Å². The lowest BCUT2D eigenvalue weighted by atomic mass is 9.90. The highest BCUT2D eigenvalue weighted by Gasteiger charge is 2.40. The lowest BCUT2D eigenvalue weighted by Crippen LogP contribution is -2.29. The molecule has 6 aliphatic rings. The van der Waals surface area contributed by atoms with Crippen molar-refractivity contribution in [2.75, 3.05) is 13.2 Å². The molecule has 6 aliphatic carbocycles. The average Bonchev–Trinajstić information content (AvgIpc) is 3.50. The molecule has 0 radical (unpaired) electrons. The number of hydrogen-bond donors (Lipinski definition) is 0. The van der Waals surface area contributed by atoms with Crippen molar-refractivity contribution in [3.63, 3.8) is 0 Å². The van der Waals surface area contributed by atoms with Crippen LogP contribution in [0, 0.1) is 53.3 Å². The van der Waals surface area contributed by atoms with Crippen molar-refractivity contribution in [2.45, 2.75) is 51.2 Å². The number of hydrogen-bond acceptors (Lipinski definition) is 2. The van der Waals surface area contributed by atoms with Crippen LogP contribution in [-0.2, 0) is 9.47 Å². The molecular weight excluding hydrogens is 332 g/mol. The molecule has 0 N–H and O–H groups in total. The van der Waals surface area contributed by atoms with Gasteiger partial charge < -0.3 is 9.47 Å². The van der Waals surface area contributed by atoms with Crippen molar-refractivity contribution in [1.29, 1.82) is 0 Å². The van der Waals surface area contributed by atoms with Crippen molar-refractivity contribution in [3.8, 4) is 0 Å². The average molecular weight is 367 g/mol. The van der Waals surface area contributed by atoms with E-state index >= 15 is 0 Å². The molecule has 6 rings (SSSR count). The van der Waals surface area contributed by atoms with Gasteiger partial charge in [-0.2, -0.15) is 0 Å². The highest BCUT2D eigenvalue weighted by atomic mass is 16.7. The van der Waals surface area contributed by atoms with E-state index in [0.717, 1.165) is 72.9 Å². The Balaban J connectivity index is 1.06. The van der Waals surface area contributed by atoms with Crippen LogP contribution in [0.1, 0.15) is 44.9 Å². The summed E-state index contributed by atoms with van der Waals surface area (Å²) in [6.45, 7) is 1.81. The zero-order chi connectivity index (χ0) is 17.8. The maximum atomic E-state index is 6.49. The largest absolute Gasteiger partial charge is 0.352 e. The first kappa shape index (κ1) is 17.0. The predicted octanol–water partition coefficient (Wildman–Crippen LogP) is 5.37. The Hall–Kier alpha value is -0.860. The standard InChI is InChI=1S/C25H34O2/c1-4-19-7-16(1)10-22(19)13-25(26-14-23-11-17-2-5-20(23)8-17)27-15-24-12-18-3-6-21(24)9-18/h1-6,16-25H,7-15H2. The van der Waals surface area contributed by atoms with Gasteiger partial charge in [-0.3, -0.25) is 0 Å². The predicted molar refractivity (Wildman–Crippen MR) is 107 cm³/mol. The van der Waals surface area contributed by atoms with Crippen LogP contribution in [0.15, 0.2) is 36.5 Å². The summed E-state index contributed by atoms with van der Waals surface area (Å²) in [7, 11) is 0. The van der Waals surface area contributed by atoms with Crippen molar-refractivity contribution >= 4 is 0 Å². The van der Waals surface area contributed by atoms with E-state index in [1.165, 1.54) is 38.5 Å². The first-order valence-corrected chi connectivity index (χ1v) is 11.6. The molecule has 0 saturated heterocycles. The van der Waals surface area contributed by atoms with Crippen LogP contribution in [0.3, 0.4) is 0 Å². The fraction of sp³-hybridized carbons (Fsp3) is 0.760. The fourth-order valence-corrected chi connectivity index (χ4v) is 7.23. The third-order valence-corrected chi connectivity index (χ3v) is 8.74. The first-order valence-electron chi connectivity index (χ1n) is 11.6. The summed E-state index contributed by atoms with van der Waals surface area (Å²) < 4.78 is 13.0. The Kier molecular flexibility index (Phi) is 4.34. The molecule has 0 aromatic rings. The molecule has 6 bridgehead atoms. The van der Waals surface area contributed by atoms with Crippen LogP contribution in [0.5, 0.6) is 0 Å². The summed E-state index contributed by atoms with van der Waals surface area (Å²) in [5.74, 6) is 7.10. The van der Waals surface area contributed by atoms with E-state index in [1.807, 2.05) is 0 Å². The Morgan fingerprint density at radius 3 is 1.37 bits per heavy atom. The van der Waals surface area contributed by atoms with Gasteiger partial charge in [0.15, 0.2) is 6.29 Å². The number of ether oxygens (including phenoxy) is 2. The Morgan fingerprint density at radius 2 is 1.00 bits per heavy atom. The second kappa shape index (κ2) is 6.88. The smallest absolute Gasteiger partial charge is 0.157 e. The van der Waals surface area contributed by atoms with Gasteiger partial charge in [0.05, 0.1) is 13.2 Å². The highest BCUT2D eigenvalue weighted by molar-refractivity contribution is 5.12. The van der Waals surface area contributed by atoms with E-state index in [0.29, 0.717) is 0 Å². The van der Waals surface area contributed by atoms with Gasteiger partial charge in [0, 0.05) is 6.42 Å². The summed E-state index contributed by atoms with van der Waals surface area (Å²) in [6, 6.07) is 0. The van der Waals surface area contributed by atoms with Crippen LogP contribution in [-0.4, -0.2) is 19.5 Å². The molecule has 3 saturated carbocycles. The van der Waals surface area contributed by atoms with Gasteiger partial charge in [0.1, 0.15) is 0 Å². The monoisotopic (exact) mass is 366 g/mol. The molecule has 146 valence electrons. The molecule has 9 unspecified atom stereocenters. The molecule has 27 heavy (non-hydrogen) atoms. The SMILES string of the molecule is C1=CC2CC1CC2COC(CC1CC2C=CC1C2)OCC1CC2C=CC1C2. The summed E-state index contributed by atoms with van der Waals surface area (Å²) >= 11 is 0. The van der Waals surface area contributed by atoms with Crippen LogP contribution < -0.4 is 0 Å². The molecule has 0 heterocycles. The molecule has 3 fully saturated rings. The molecule has 0 aromatic carbocycles. The third kappa shape index (κ3) is 3.27. The molecular formula is C25H34O2. The Morgan fingerprint density at radius 1 is 0.556 bits per heavy atom. The van der Waals surface area contributed by atoms with Gasteiger partial charge in [-0.05, 0) is 91.8 Å². The van der Waals surface area contributed by atoms with Crippen molar-refractivity contribution < 1.29 is 9.47 Å². The summed E-state index contributed by atoms with van der Waals surface area (Å²) in [5, 5.41) is 0. The fourth-order valence-electron chi connectivity index (χ4n) is 7.23. The zero-order valence-corrected chi connectivity index (χ0v) is 16.4. The van der Waals surface area contributed by atoms with E-state index in [-0.39, 0.29) is 6.29 Å². The van der Waals surface area contributed by atoms with E-state index in [4.69, 9.17) is 9.47 Å². The zero-order valence-electron chi connectivity index (χ0n) is 16.4. The van der Waals surface area contributed by atoms with E-state index in [1.54, 1.807) is 0 Å². The second-order valence-electron chi connectivity index (χ2n) is 10.5. The minimum absolute atomic E-state index is 0.0222. The number of allylic oxidation sites excluding steroid dienone is 6. The van der Waals surface area contributed by atoms with Gasteiger partial charge >= 0.3 is 0 Å². The summed E-state index contributed by atoms with van der Waals surface area (Å²) in [5.41, 5.74) is 0. The van der Waals surface area contributed by atoms with Gasteiger partial charge in [0.2, 0.25) is 0 Å². The van der Waals surface area contributed by atoms with Crippen LogP contribution in [0.2, 0.25) is 0 Å². The highest BCUT2D eigenvalue weighted by Crippen LogP contribution is 2.47. The molecule has 0 aromatic heterocycles. The molecule has 2 heteroatoms. The van der Waals surface area contributed by atoms with Crippen LogP contribution in [0.25, 0.3) is 0 Å². The number of rotatable bonds is 8. The number of fused-ring (bicyclic) bond motifs is 6. The normalized spacial score (nSPS) is 49.1. The summed E-state index contributed by atoms with van der Waals surface area (Å²) in [6.07, 6.45) is 23.9. The Bertz CT molecular complexity index is 611. The van der Waals surface area contributed by atoms with Gasteiger partial charge in [-0.25, -0.2) is 0 Å². The van der Waals surface area contributed by atoms with Crippen molar-refractivity contribution in [1.82, 2.24) is 0 Å². The van der Waals surface area contributed by atoms with Gasteiger partial charge in [0.25, 0.3) is 0 Å². The minimum Gasteiger partial charge on any atom is -0.352 e. The van der Waals surface area contributed by atoms with E-state index in [9.17, 15) is 0 Å². The minimum atomic E-state index is 0.0222. The Labute approximate surface area is 164 Å². The lowest BCUT2D eigenvalue weighted by Gasteiger charge is -2.29. The van der Waals surface area contributed by atoms with Crippen molar-refractivity contribution in [2.24, 2.45) is 53.3 Å². The molecule has 0 aliphatic heterocycles. The topological polar surface area (TPSA) is 18.5 Å². The van der Waals surface area contributed by atoms with Gasteiger partial charge in [-0.15, -0.1) is 0 Å². The first-order chi connectivity index (χ1) is 13.3. The van der Waals surface area contributed by atoms with Crippen LogP contribution >= 0.6 is 0 Å². The van der Waals surface area contributed by atoms with E-state index < -0.39 is 0 Å². The lowest BCUT2D eigenvalue weighted by molar-refractivity contribution is -0.169.